The third kappa shape index (κ3) is 7.44. The van der Waals surface area contributed by atoms with Gasteiger partial charge in [-0.2, -0.15) is 5.26 Å². The fraction of sp³-hybridized carbons (Fsp3) is 0.0694. The van der Waals surface area contributed by atoms with E-state index in [-0.39, 0.29) is 11.0 Å². The van der Waals surface area contributed by atoms with Gasteiger partial charge in [-0.05, 0) is 36.2 Å². The van der Waals surface area contributed by atoms with Crippen molar-refractivity contribution in [3.05, 3.63) is 251 Å². The van der Waals surface area contributed by atoms with Crippen LogP contribution < -0.4 is 4.74 Å². The molecule has 5 heterocycles. The fourth-order valence-electron chi connectivity index (χ4n) is 12.0. The molecule has 5 aromatic heterocycles. The van der Waals surface area contributed by atoms with Crippen LogP contribution in [0.2, 0.25) is 0 Å². The SMILES string of the molecule is [2H]C([2H])([2H])c1cc(-n2c3[c-]c(Oc4[c-]c(-n5[c](=[Pt])n(-c6c(-c7ccccc7)cccc6-c6ccccc6)c6ccccc65)cc(C(C)(C)C)c4)ccc3c3cc4c5cc(C#N)cc6c7ccccc7n(c4cc32)c65)ncc1-c1ccccc1. The average molecular weight is 1210 g/mol. The quantitative estimate of drug-likeness (QED) is 0.142. The number of hydrogen-bond acceptors (Lipinski definition) is 3. The topological polar surface area (TPSA) is 65.1 Å². The van der Waals surface area contributed by atoms with Crippen molar-refractivity contribution in [2.24, 2.45) is 0 Å². The summed E-state index contributed by atoms with van der Waals surface area (Å²) in [5.74, 6) is 1.36. The number of aromatic nitrogens is 5. The molecule has 0 aliphatic heterocycles. The first-order chi connectivity index (χ1) is 40.3. The standard InChI is InChI=1S/C72H48N6O.Pt/c1-45-33-69(74-43-62(45)49-23-12-7-13-24-49)77-66-39-52(31-32-57(66)58-40-59-61-35-46(42-73)34-60-56-25-14-15-28-63(56)78(71(60)61)68(59)41-67(58)77)79-53-37-50(72(2,3)4)36-51(38-53)75-44-76(65-30-17-16-29-64(65)75)70-54(47-19-8-5-9-20-47)26-18-27-55(70)48-21-10-6-11-22-48;/h5-37,40-41,43H,1-4H3;/q-2;/i1D3;. The number of imidazole rings is 1. The fourth-order valence-corrected chi connectivity index (χ4v) is 13.1. The molecule has 0 N–H and O–H groups in total. The normalized spacial score (nSPS) is 12.8. The number of rotatable bonds is 8. The molecule has 80 heavy (non-hydrogen) atoms. The van der Waals surface area contributed by atoms with Gasteiger partial charge in [-0.3, -0.25) is 0 Å². The van der Waals surface area contributed by atoms with Crippen LogP contribution in [0.3, 0.4) is 0 Å². The Bertz CT molecular complexity index is 5180. The number of para-hydroxylation sites is 4. The number of nitriles is 1. The first-order valence-corrected chi connectivity index (χ1v) is 27.7. The molecule has 0 amide bonds. The summed E-state index contributed by atoms with van der Waals surface area (Å²) in [5.41, 5.74) is 15.6. The molecule has 0 atom stereocenters. The van der Waals surface area contributed by atoms with Crippen molar-refractivity contribution in [2.45, 2.75) is 33.0 Å². The summed E-state index contributed by atoms with van der Waals surface area (Å²) >= 11 is 2.47. The Morgan fingerprint density at radius 1 is 0.525 bits per heavy atom. The van der Waals surface area contributed by atoms with Gasteiger partial charge in [-0.25, -0.2) is 0 Å². The van der Waals surface area contributed by atoms with Crippen molar-refractivity contribution in [1.29, 1.82) is 5.26 Å². The second-order valence-corrected chi connectivity index (χ2v) is 22.5. The summed E-state index contributed by atoms with van der Waals surface area (Å²) < 4.78 is 43.6. The van der Waals surface area contributed by atoms with Crippen LogP contribution in [0.25, 0.3) is 122 Å². The van der Waals surface area contributed by atoms with Gasteiger partial charge in [0.25, 0.3) is 0 Å². The zero-order valence-electron chi connectivity index (χ0n) is 46.7. The van der Waals surface area contributed by atoms with E-state index in [1.165, 1.54) is 0 Å². The average Bonchev–Trinajstić information content (AvgIpc) is 2.38. The molecular weight excluding hydrogens is 1160 g/mol. The second kappa shape index (κ2) is 18.2. The Labute approximate surface area is 477 Å². The summed E-state index contributed by atoms with van der Waals surface area (Å²) in [7, 11) is 0. The molecule has 0 saturated carbocycles. The van der Waals surface area contributed by atoms with Crippen LogP contribution in [0.1, 0.15) is 41.6 Å². The predicted molar refractivity (Wildman–Crippen MR) is 321 cm³/mol. The Hall–Kier alpha value is -9.60. The van der Waals surface area contributed by atoms with Crippen LogP contribution in [-0.2, 0) is 24.8 Å². The Morgan fingerprint density at radius 3 is 1.80 bits per heavy atom. The monoisotopic (exact) mass is 1210 g/mol. The zero-order valence-corrected chi connectivity index (χ0v) is 46.0. The van der Waals surface area contributed by atoms with Crippen molar-refractivity contribution in [1.82, 2.24) is 23.1 Å². The van der Waals surface area contributed by atoms with Crippen LogP contribution in [-0.4, -0.2) is 23.1 Å². The van der Waals surface area contributed by atoms with E-state index in [1.54, 1.807) is 12.3 Å². The van der Waals surface area contributed by atoms with E-state index >= 15 is 0 Å². The smallest absolute Gasteiger partial charge is 0.0622 e. The molecule has 7 nitrogen and oxygen atoms in total. The molecule has 8 heteroatoms. The summed E-state index contributed by atoms with van der Waals surface area (Å²) in [5, 5.41) is 16.1. The van der Waals surface area contributed by atoms with Crippen LogP contribution in [0.15, 0.2) is 219 Å². The molecule has 0 radical (unpaired) electrons. The third-order valence-electron chi connectivity index (χ3n) is 15.7. The minimum atomic E-state index is -2.47. The van der Waals surface area contributed by atoms with Crippen LogP contribution >= 0.6 is 0 Å². The molecule has 0 bridgehead atoms. The number of fused-ring (bicyclic) bond motifs is 10. The number of aryl methyl sites for hydroxylation is 1. The zero-order chi connectivity index (χ0) is 56.5. The molecular formula is C72H48N6OPt-2. The summed E-state index contributed by atoms with van der Waals surface area (Å²) in [6, 6.07) is 82.2. The van der Waals surface area contributed by atoms with Gasteiger partial charge in [0.2, 0.25) is 0 Å². The van der Waals surface area contributed by atoms with E-state index in [0.717, 1.165) is 114 Å². The summed E-state index contributed by atoms with van der Waals surface area (Å²) in [4.78, 5) is 5.10. The maximum absolute atomic E-state index is 10.3. The van der Waals surface area contributed by atoms with E-state index in [4.69, 9.17) is 13.8 Å². The van der Waals surface area contributed by atoms with Gasteiger partial charge in [-0.1, -0.05) is 48.5 Å². The van der Waals surface area contributed by atoms with E-state index < -0.39 is 6.85 Å². The van der Waals surface area contributed by atoms with Crippen LogP contribution in [0.5, 0.6) is 11.5 Å². The Balaban J connectivity index is 0.947. The molecule has 0 spiro atoms. The molecule has 15 rings (SSSR count). The maximum atomic E-state index is 10.3. The number of nitrogens with zero attached hydrogens (tertiary/aromatic N) is 6. The molecule has 15 aromatic rings. The minimum Gasteiger partial charge on any atom is -0.0622 e. The van der Waals surface area contributed by atoms with Crippen LogP contribution in [0.4, 0.5) is 0 Å². The number of pyridine rings is 1. The van der Waals surface area contributed by atoms with E-state index in [1.807, 2.05) is 65.2 Å². The van der Waals surface area contributed by atoms with Gasteiger partial charge in [0.1, 0.15) is 0 Å². The predicted octanol–water partition coefficient (Wildman–Crippen LogP) is 18.0. The van der Waals surface area contributed by atoms with Gasteiger partial charge < -0.3 is 4.40 Å². The number of benzene rings is 10. The molecule has 384 valence electrons. The van der Waals surface area contributed by atoms with E-state index in [9.17, 15) is 5.26 Å². The Kier molecular flexibility index (Phi) is 10.1. The third-order valence-corrected chi connectivity index (χ3v) is 16.7. The minimum absolute atomic E-state index is 0.182. The molecule has 10 aromatic carbocycles. The van der Waals surface area contributed by atoms with E-state index in [2.05, 4.69) is 217 Å². The second-order valence-electron chi connectivity index (χ2n) is 21.5. The molecule has 0 aliphatic rings. The van der Waals surface area contributed by atoms with Crippen molar-refractivity contribution in [2.75, 3.05) is 0 Å². The number of hydrogen-bond donors (Lipinski definition) is 0. The molecule has 0 unspecified atom stereocenters. The van der Waals surface area contributed by atoms with Crippen molar-refractivity contribution >= 4 is 70.9 Å². The van der Waals surface area contributed by atoms with Crippen molar-refractivity contribution in [3.63, 3.8) is 0 Å². The van der Waals surface area contributed by atoms with Gasteiger partial charge in [0.05, 0.1) is 28.2 Å². The Morgan fingerprint density at radius 2 is 1.14 bits per heavy atom. The van der Waals surface area contributed by atoms with Gasteiger partial charge >= 0.3 is 320 Å². The molecule has 0 saturated heterocycles. The van der Waals surface area contributed by atoms with E-state index in [0.29, 0.717) is 34.0 Å². The summed E-state index contributed by atoms with van der Waals surface area (Å²) in [6.07, 6.45) is 1.67. The number of ether oxygens (including phenoxy) is 1. The van der Waals surface area contributed by atoms with Gasteiger partial charge in [0, 0.05) is 37.4 Å². The molecule has 0 aliphatic carbocycles. The summed E-state index contributed by atoms with van der Waals surface area (Å²) in [6.45, 7) is 4.14. The molecule has 0 fully saturated rings. The van der Waals surface area contributed by atoms with Crippen LogP contribution in [0, 0.1) is 34.1 Å². The van der Waals surface area contributed by atoms with Gasteiger partial charge in [-0.15, -0.1) is 0 Å². The van der Waals surface area contributed by atoms with Gasteiger partial charge in [0.15, 0.2) is 0 Å². The van der Waals surface area contributed by atoms with Crippen molar-refractivity contribution in [3.8, 4) is 68.1 Å². The first-order valence-electron chi connectivity index (χ1n) is 28.1. The first kappa shape index (κ1) is 44.4. The van der Waals surface area contributed by atoms with Crippen molar-refractivity contribution < 1.29 is 28.2 Å².